The van der Waals surface area contributed by atoms with Crippen molar-refractivity contribution < 1.29 is 9.13 Å². The molecule has 0 saturated carbocycles. The Bertz CT molecular complexity index is 680. The fourth-order valence-electron chi connectivity index (χ4n) is 2.71. The Labute approximate surface area is 154 Å². The van der Waals surface area contributed by atoms with Gasteiger partial charge in [0.2, 0.25) is 0 Å². The summed E-state index contributed by atoms with van der Waals surface area (Å²) in [5.74, 6) is 0.298. The van der Waals surface area contributed by atoms with Gasteiger partial charge in [-0.3, -0.25) is 0 Å². The summed E-state index contributed by atoms with van der Waals surface area (Å²) < 4.78 is 20.1. The third-order valence-corrected chi connectivity index (χ3v) is 4.88. The summed E-state index contributed by atoms with van der Waals surface area (Å²) in [6, 6.07) is 11.2. The van der Waals surface area contributed by atoms with E-state index in [1.807, 2.05) is 0 Å². The molecule has 0 heterocycles. The predicted molar refractivity (Wildman–Crippen MR) is 106 cm³/mol. The maximum atomic E-state index is 13.3. The topological polar surface area (TPSA) is 21.3 Å². The standard InChI is InChI=1S/C19H24BrFNOP/c1-3-4-17(16-7-5-14(20)11-13(16)2)22-9-10-23-18-12-15(21)6-8-19(18)24/h5-8,11-12,17,22H,3-4,9-10,24H2,1-2H3. The first-order chi connectivity index (χ1) is 11.5. The molecule has 2 nitrogen and oxygen atoms in total. The van der Waals surface area contributed by atoms with Crippen molar-refractivity contribution in [3.8, 4) is 5.75 Å². The first-order valence-electron chi connectivity index (χ1n) is 8.18. The molecule has 0 amide bonds. The molecule has 130 valence electrons. The number of benzene rings is 2. The molecule has 5 heteroatoms. The Morgan fingerprint density at radius 3 is 2.75 bits per heavy atom. The highest BCUT2D eigenvalue weighted by Gasteiger charge is 2.12. The number of rotatable bonds is 8. The van der Waals surface area contributed by atoms with Crippen LogP contribution in [-0.2, 0) is 0 Å². The van der Waals surface area contributed by atoms with Gasteiger partial charge in [0.25, 0.3) is 0 Å². The van der Waals surface area contributed by atoms with Crippen LogP contribution in [0.3, 0.4) is 0 Å². The monoisotopic (exact) mass is 411 g/mol. The van der Waals surface area contributed by atoms with E-state index in [0.717, 1.165) is 22.6 Å². The molecule has 0 bridgehead atoms. The molecule has 0 aliphatic rings. The summed E-state index contributed by atoms with van der Waals surface area (Å²) in [5, 5.41) is 4.43. The Morgan fingerprint density at radius 2 is 2.04 bits per heavy atom. The molecule has 0 saturated heterocycles. The zero-order valence-corrected chi connectivity index (χ0v) is 16.9. The summed E-state index contributed by atoms with van der Waals surface area (Å²) >= 11 is 3.51. The van der Waals surface area contributed by atoms with Crippen molar-refractivity contribution in [1.29, 1.82) is 0 Å². The highest BCUT2D eigenvalue weighted by molar-refractivity contribution is 9.10. The highest BCUT2D eigenvalue weighted by atomic mass is 79.9. The van der Waals surface area contributed by atoms with Crippen LogP contribution in [0.2, 0.25) is 0 Å². The van der Waals surface area contributed by atoms with Crippen molar-refractivity contribution in [2.75, 3.05) is 13.2 Å². The van der Waals surface area contributed by atoms with Crippen molar-refractivity contribution in [3.63, 3.8) is 0 Å². The zero-order chi connectivity index (χ0) is 17.5. The molecule has 0 fully saturated rings. The third-order valence-electron chi connectivity index (χ3n) is 3.91. The second-order valence-electron chi connectivity index (χ2n) is 5.83. The average Bonchev–Trinajstić information content (AvgIpc) is 2.54. The smallest absolute Gasteiger partial charge is 0.129 e. The van der Waals surface area contributed by atoms with E-state index < -0.39 is 0 Å². The molecule has 2 aromatic rings. The fraction of sp³-hybridized carbons (Fsp3) is 0.368. The molecule has 0 aromatic heterocycles. The number of nitrogens with one attached hydrogen (secondary N) is 1. The van der Waals surface area contributed by atoms with Crippen LogP contribution in [0.1, 0.15) is 36.9 Å². The Balaban J connectivity index is 1.93. The number of halogens is 2. The van der Waals surface area contributed by atoms with Gasteiger partial charge in [-0.1, -0.05) is 35.3 Å². The zero-order valence-electron chi connectivity index (χ0n) is 14.1. The van der Waals surface area contributed by atoms with E-state index in [2.05, 4.69) is 62.5 Å². The van der Waals surface area contributed by atoms with Crippen molar-refractivity contribution in [1.82, 2.24) is 5.32 Å². The van der Waals surface area contributed by atoms with Crippen LogP contribution in [0, 0.1) is 12.7 Å². The molecule has 0 radical (unpaired) electrons. The quantitative estimate of drug-likeness (QED) is 0.492. The molecule has 0 spiro atoms. The molecule has 0 aliphatic carbocycles. The van der Waals surface area contributed by atoms with Gasteiger partial charge in [-0.2, -0.15) is 0 Å². The first kappa shape index (κ1) is 19.4. The van der Waals surface area contributed by atoms with E-state index in [0.29, 0.717) is 24.9 Å². The molecular weight excluding hydrogens is 388 g/mol. The van der Waals surface area contributed by atoms with Crippen LogP contribution < -0.4 is 15.4 Å². The molecule has 0 aliphatic heterocycles. The molecule has 2 atom stereocenters. The molecular formula is C19H24BrFNOP. The molecule has 2 rings (SSSR count). The lowest BCUT2D eigenvalue weighted by atomic mass is 9.98. The van der Waals surface area contributed by atoms with Crippen molar-refractivity contribution in [2.24, 2.45) is 0 Å². The summed E-state index contributed by atoms with van der Waals surface area (Å²) in [5.41, 5.74) is 2.59. The number of ether oxygens (including phenoxy) is 1. The Kier molecular flexibility index (Phi) is 7.67. The number of hydrogen-bond acceptors (Lipinski definition) is 2. The lowest BCUT2D eigenvalue weighted by Crippen LogP contribution is -2.27. The summed E-state index contributed by atoms with van der Waals surface area (Å²) in [6.45, 7) is 5.53. The van der Waals surface area contributed by atoms with Gasteiger partial charge >= 0.3 is 0 Å². The number of aryl methyl sites for hydroxylation is 1. The van der Waals surface area contributed by atoms with Crippen molar-refractivity contribution in [3.05, 3.63) is 57.8 Å². The largest absolute Gasteiger partial charge is 0.492 e. The average molecular weight is 412 g/mol. The van der Waals surface area contributed by atoms with Crippen LogP contribution in [0.5, 0.6) is 5.75 Å². The van der Waals surface area contributed by atoms with Crippen LogP contribution in [0.15, 0.2) is 40.9 Å². The second-order valence-corrected chi connectivity index (χ2v) is 7.36. The van der Waals surface area contributed by atoms with E-state index in [1.54, 1.807) is 6.07 Å². The minimum Gasteiger partial charge on any atom is -0.492 e. The van der Waals surface area contributed by atoms with Crippen LogP contribution >= 0.6 is 25.2 Å². The SMILES string of the molecule is CCCC(NCCOc1cc(F)ccc1P)c1ccc(Br)cc1C. The second kappa shape index (κ2) is 9.50. The third kappa shape index (κ3) is 5.54. The molecule has 1 N–H and O–H groups in total. The maximum Gasteiger partial charge on any atom is 0.129 e. The normalized spacial score (nSPS) is 12.2. The van der Waals surface area contributed by atoms with E-state index in [1.165, 1.54) is 23.3 Å². The van der Waals surface area contributed by atoms with Crippen molar-refractivity contribution in [2.45, 2.75) is 32.7 Å². The van der Waals surface area contributed by atoms with Crippen molar-refractivity contribution >= 4 is 30.5 Å². The van der Waals surface area contributed by atoms with Gasteiger partial charge in [0.1, 0.15) is 18.2 Å². The van der Waals surface area contributed by atoms with Crippen LogP contribution in [-0.4, -0.2) is 13.2 Å². The summed E-state index contributed by atoms with van der Waals surface area (Å²) in [7, 11) is 2.57. The minimum absolute atomic E-state index is 0.279. The van der Waals surface area contributed by atoms with Crippen LogP contribution in [0.25, 0.3) is 0 Å². The summed E-state index contributed by atoms with van der Waals surface area (Å²) in [6.07, 6.45) is 2.17. The van der Waals surface area contributed by atoms with E-state index in [-0.39, 0.29) is 5.82 Å². The van der Waals surface area contributed by atoms with Gasteiger partial charge in [-0.15, -0.1) is 9.24 Å². The van der Waals surface area contributed by atoms with Gasteiger partial charge in [-0.25, -0.2) is 4.39 Å². The predicted octanol–water partition coefficient (Wildman–Crippen LogP) is 4.91. The fourth-order valence-corrected chi connectivity index (χ4v) is 3.45. The van der Waals surface area contributed by atoms with Gasteiger partial charge in [-0.05, 0) is 48.7 Å². The number of hydrogen-bond donors (Lipinski definition) is 1. The van der Waals surface area contributed by atoms with Gasteiger partial charge in [0, 0.05) is 28.4 Å². The van der Waals surface area contributed by atoms with Gasteiger partial charge < -0.3 is 10.1 Å². The first-order valence-corrected chi connectivity index (χ1v) is 9.55. The Morgan fingerprint density at radius 1 is 1.25 bits per heavy atom. The van der Waals surface area contributed by atoms with Crippen LogP contribution in [0.4, 0.5) is 4.39 Å². The molecule has 2 aromatic carbocycles. The van der Waals surface area contributed by atoms with E-state index >= 15 is 0 Å². The lowest BCUT2D eigenvalue weighted by molar-refractivity contribution is 0.304. The Hall–Kier alpha value is -0.960. The molecule has 2 unspecified atom stereocenters. The summed E-state index contributed by atoms with van der Waals surface area (Å²) in [4.78, 5) is 0. The van der Waals surface area contributed by atoms with E-state index in [9.17, 15) is 4.39 Å². The minimum atomic E-state index is -0.279. The van der Waals surface area contributed by atoms with Gasteiger partial charge in [0.15, 0.2) is 0 Å². The highest BCUT2D eigenvalue weighted by Crippen LogP contribution is 2.25. The van der Waals surface area contributed by atoms with E-state index in [4.69, 9.17) is 4.74 Å². The molecule has 24 heavy (non-hydrogen) atoms. The lowest BCUT2D eigenvalue weighted by Gasteiger charge is -2.21. The van der Waals surface area contributed by atoms with Gasteiger partial charge in [0.05, 0.1) is 0 Å². The maximum absolute atomic E-state index is 13.3.